The minimum atomic E-state index is -1.01. The normalized spacial score (nSPS) is 11.6. The van der Waals surface area contributed by atoms with E-state index in [1.54, 1.807) is 6.92 Å². The summed E-state index contributed by atoms with van der Waals surface area (Å²) in [5.74, 6) is -2.84. The molecular weight excluding hydrogens is 320 g/mol. The highest BCUT2D eigenvalue weighted by molar-refractivity contribution is 5.94. The SMILES string of the molecule is CC(CC(=O)O)NC(=O)c1ccc(Oc2ccc(F)cc2F)cc1. The van der Waals surface area contributed by atoms with Crippen LogP contribution in [-0.4, -0.2) is 23.0 Å². The molecule has 24 heavy (non-hydrogen) atoms. The van der Waals surface area contributed by atoms with Gasteiger partial charge < -0.3 is 15.2 Å². The van der Waals surface area contributed by atoms with Crippen molar-refractivity contribution in [1.29, 1.82) is 0 Å². The number of amides is 1. The number of carbonyl (C=O) groups excluding carboxylic acids is 1. The van der Waals surface area contributed by atoms with Crippen LogP contribution in [0.4, 0.5) is 8.78 Å². The van der Waals surface area contributed by atoms with Gasteiger partial charge in [0.2, 0.25) is 0 Å². The van der Waals surface area contributed by atoms with Gasteiger partial charge in [0, 0.05) is 17.7 Å². The standard InChI is InChI=1S/C17H15F2NO4/c1-10(8-16(21)22)20-17(23)11-2-5-13(6-3-11)24-15-7-4-12(18)9-14(15)19/h2-7,9-10H,8H2,1H3,(H,20,23)(H,21,22). The highest BCUT2D eigenvalue weighted by Gasteiger charge is 2.13. The molecule has 0 heterocycles. The number of halogens is 2. The van der Waals surface area contributed by atoms with Gasteiger partial charge in [0.1, 0.15) is 11.6 Å². The van der Waals surface area contributed by atoms with Crippen LogP contribution < -0.4 is 10.1 Å². The molecule has 126 valence electrons. The van der Waals surface area contributed by atoms with E-state index >= 15 is 0 Å². The van der Waals surface area contributed by atoms with Crippen molar-refractivity contribution in [3.8, 4) is 11.5 Å². The zero-order chi connectivity index (χ0) is 17.7. The molecule has 5 nitrogen and oxygen atoms in total. The summed E-state index contributed by atoms with van der Waals surface area (Å²) >= 11 is 0. The lowest BCUT2D eigenvalue weighted by molar-refractivity contribution is -0.137. The number of ether oxygens (including phenoxy) is 1. The summed E-state index contributed by atoms with van der Waals surface area (Å²) in [5, 5.41) is 11.2. The van der Waals surface area contributed by atoms with Gasteiger partial charge in [-0.15, -0.1) is 0 Å². The molecule has 0 bridgehead atoms. The zero-order valence-electron chi connectivity index (χ0n) is 12.8. The van der Waals surface area contributed by atoms with Crippen molar-refractivity contribution in [2.45, 2.75) is 19.4 Å². The summed E-state index contributed by atoms with van der Waals surface area (Å²) in [4.78, 5) is 22.5. The van der Waals surface area contributed by atoms with Crippen LogP contribution in [0.1, 0.15) is 23.7 Å². The van der Waals surface area contributed by atoms with Crippen molar-refractivity contribution in [2.24, 2.45) is 0 Å². The van der Waals surface area contributed by atoms with Gasteiger partial charge in [-0.05, 0) is 43.3 Å². The summed E-state index contributed by atoms with van der Waals surface area (Å²) in [6.07, 6.45) is -0.184. The van der Waals surface area contributed by atoms with Crippen molar-refractivity contribution < 1.29 is 28.2 Å². The lowest BCUT2D eigenvalue weighted by atomic mass is 10.1. The molecule has 0 radical (unpaired) electrons. The third-order valence-electron chi connectivity index (χ3n) is 3.10. The molecule has 1 amide bonds. The van der Waals surface area contributed by atoms with E-state index in [9.17, 15) is 18.4 Å². The fourth-order valence-electron chi connectivity index (χ4n) is 1.98. The molecule has 1 atom stereocenters. The van der Waals surface area contributed by atoms with Crippen LogP contribution in [0.15, 0.2) is 42.5 Å². The minimum Gasteiger partial charge on any atom is -0.481 e. The quantitative estimate of drug-likeness (QED) is 0.849. The number of hydrogen-bond donors (Lipinski definition) is 2. The van der Waals surface area contributed by atoms with Gasteiger partial charge >= 0.3 is 5.97 Å². The number of nitrogens with one attached hydrogen (secondary N) is 1. The second-order valence-corrected chi connectivity index (χ2v) is 5.17. The first kappa shape index (κ1) is 17.4. The van der Waals surface area contributed by atoms with E-state index in [1.165, 1.54) is 30.3 Å². The molecule has 0 aromatic heterocycles. The van der Waals surface area contributed by atoms with Gasteiger partial charge in [0.05, 0.1) is 6.42 Å². The Balaban J connectivity index is 2.02. The van der Waals surface area contributed by atoms with Gasteiger partial charge in [-0.1, -0.05) is 0 Å². The smallest absolute Gasteiger partial charge is 0.305 e. The lowest BCUT2D eigenvalue weighted by Crippen LogP contribution is -2.34. The molecule has 0 spiro atoms. The highest BCUT2D eigenvalue weighted by atomic mass is 19.1. The molecule has 0 aliphatic heterocycles. The Labute approximate surface area is 136 Å². The van der Waals surface area contributed by atoms with Gasteiger partial charge in [-0.2, -0.15) is 0 Å². The van der Waals surface area contributed by atoms with Crippen molar-refractivity contribution in [3.05, 3.63) is 59.7 Å². The van der Waals surface area contributed by atoms with E-state index in [-0.39, 0.29) is 17.9 Å². The number of aliphatic carboxylic acids is 1. The van der Waals surface area contributed by atoms with Crippen LogP contribution in [0.25, 0.3) is 0 Å². The zero-order valence-corrected chi connectivity index (χ0v) is 12.8. The van der Waals surface area contributed by atoms with Gasteiger partial charge in [0.15, 0.2) is 11.6 Å². The Morgan fingerprint density at radius 3 is 2.42 bits per heavy atom. The van der Waals surface area contributed by atoms with Crippen LogP contribution in [-0.2, 0) is 4.79 Å². The van der Waals surface area contributed by atoms with E-state index in [2.05, 4.69) is 5.32 Å². The Bertz CT molecular complexity index is 747. The fourth-order valence-corrected chi connectivity index (χ4v) is 1.98. The molecule has 0 saturated carbocycles. The number of rotatable bonds is 6. The predicted octanol–water partition coefficient (Wildman–Crippen LogP) is 3.35. The maximum absolute atomic E-state index is 13.5. The maximum Gasteiger partial charge on any atom is 0.305 e. The molecule has 2 aromatic carbocycles. The first-order valence-electron chi connectivity index (χ1n) is 7.11. The lowest BCUT2D eigenvalue weighted by Gasteiger charge is -2.12. The Morgan fingerprint density at radius 2 is 1.83 bits per heavy atom. The van der Waals surface area contributed by atoms with Crippen molar-refractivity contribution >= 4 is 11.9 Å². The molecule has 1 unspecified atom stereocenters. The van der Waals surface area contributed by atoms with Gasteiger partial charge in [-0.3, -0.25) is 9.59 Å². The molecule has 0 saturated heterocycles. The summed E-state index contributed by atoms with van der Waals surface area (Å²) in [6, 6.07) is 8.27. The highest BCUT2D eigenvalue weighted by Crippen LogP contribution is 2.25. The monoisotopic (exact) mass is 335 g/mol. The second-order valence-electron chi connectivity index (χ2n) is 5.17. The molecule has 0 aliphatic carbocycles. The number of benzene rings is 2. The summed E-state index contributed by atoms with van der Waals surface area (Å²) in [6.45, 7) is 1.58. The second kappa shape index (κ2) is 7.54. The third-order valence-corrected chi connectivity index (χ3v) is 3.10. The van der Waals surface area contributed by atoms with Crippen LogP contribution in [0.3, 0.4) is 0 Å². The number of carboxylic acids is 1. The molecule has 2 aromatic rings. The summed E-state index contributed by atoms with van der Waals surface area (Å²) in [5.41, 5.74) is 0.305. The molecular formula is C17H15F2NO4. The van der Waals surface area contributed by atoms with E-state index in [1.807, 2.05) is 0 Å². The van der Waals surface area contributed by atoms with E-state index < -0.39 is 29.6 Å². The van der Waals surface area contributed by atoms with Crippen molar-refractivity contribution in [1.82, 2.24) is 5.32 Å². The molecule has 7 heteroatoms. The predicted molar refractivity (Wildman–Crippen MR) is 82.1 cm³/mol. The van der Waals surface area contributed by atoms with Gasteiger partial charge in [0.25, 0.3) is 5.91 Å². The fraction of sp³-hybridized carbons (Fsp3) is 0.176. The van der Waals surface area contributed by atoms with E-state index in [4.69, 9.17) is 9.84 Å². The van der Waals surface area contributed by atoms with Crippen LogP contribution in [0, 0.1) is 11.6 Å². The minimum absolute atomic E-state index is 0.135. The Morgan fingerprint density at radius 1 is 1.17 bits per heavy atom. The summed E-state index contributed by atoms with van der Waals surface area (Å²) < 4.78 is 31.6. The Kier molecular flexibility index (Phi) is 5.47. The van der Waals surface area contributed by atoms with E-state index in [0.29, 0.717) is 11.6 Å². The average Bonchev–Trinajstić information content (AvgIpc) is 2.50. The third kappa shape index (κ3) is 4.77. The first-order valence-corrected chi connectivity index (χ1v) is 7.11. The molecule has 2 rings (SSSR count). The number of hydrogen-bond acceptors (Lipinski definition) is 3. The van der Waals surface area contributed by atoms with Crippen molar-refractivity contribution in [3.63, 3.8) is 0 Å². The maximum atomic E-state index is 13.5. The molecule has 0 aliphatic rings. The Hall–Kier alpha value is -2.96. The van der Waals surface area contributed by atoms with E-state index in [0.717, 1.165) is 6.07 Å². The number of carboxylic acid groups (broad SMARTS) is 1. The largest absolute Gasteiger partial charge is 0.481 e. The average molecular weight is 335 g/mol. The van der Waals surface area contributed by atoms with Gasteiger partial charge in [-0.25, -0.2) is 8.78 Å². The van der Waals surface area contributed by atoms with Crippen molar-refractivity contribution in [2.75, 3.05) is 0 Å². The number of carbonyl (C=O) groups is 2. The first-order chi connectivity index (χ1) is 11.3. The summed E-state index contributed by atoms with van der Waals surface area (Å²) in [7, 11) is 0. The topological polar surface area (TPSA) is 75.6 Å². The van der Waals surface area contributed by atoms with Crippen LogP contribution >= 0.6 is 0 Å². The molecule has 0 fully saturated rings. The van der Waals surface area contributed by atoms with Crippen LogP contribution in [0.5, 0.6) is 11.5 Å². The molecule has 2 N–H and O–H groups in total. The van der Waals surface area contributed by atoms with Crippen LogP contribution in [0.2, 0.25) is 0 Å².